The Bertz CT molecular complexity index is 363. The molecule has 17 heavy (non-hydrogen) atoms. The fraction of sp³-hybridized carbons (Fsp3) is 0.429. The fourth-order valence-electron chi connectivity index (χ4n) is 1.46. The molecule has 0 amide bonds. The first-order chi connectivity index (χ1) is 8.26. The monoisotopic (exact) mass is 237 g/mol. The Labute approximate surface area is 102 Å². The molecule has 0 aliphatic heterocycles. The van der Waals surface area contributed by atoms with Crippen molar-refractivity contribution >= 4 is 0 Å². The van der Waals surface area contributed by atoms with Gasteiger partial charge in [-0.3, -0.25) is 0 Å². The zero-order valence-electron chi connectivity index (χ0n) is 10.5. The van der Waals surface area contributed by atoms with Crippen LogP contribution in [0.4, 0.5) is 4.39 Å². The summed E-state index contributed by atoms with van der Waals surface area (Å²) in [5.41, 5.74) is 0.911. The predicted molar refractivity (Wildman–Crippen MR) is 68.7 cm³/mol. The lowest BCUT2D eigenvalue weighted by molar-refractivity contribution is 0.359. The third-order valence-corrected chi connectivity index (χ3v) is 2.27. The van der Waals surface area contributed by atoms with Gasteiger partial charge in [0.1, 0.15) is 18.2 Å². The van der Waals surface area contributed by atoms with Gasteiger partial charge >= 0.3 is 0 Å². The molecular weight excluding hydrogens is 217 g/mol. The SMILES string of the molecule is C/C=C/COc1cc(F)cc(CNCCC)c1. The van der Waals surface area contributed by atoms with Crippen LogP contribution < -0.4 is 10.1 Å². The number of hydrogen-bond donors (Lipinski definition) is 1. The van der Waals surface area contributed by atoms with Crippen LogP contribution in [0.5, 0.6) is 5.75 Å². The molecule has 1 rings (SSSR count). The number of allylic oxidation sites excluding steroid dienone is 1. The number of rotatable bonds is 7. The maximum Gasteiger partial charge on any atom is 0.127 e. The Hall–Kier alpha value is -1.35. The molecule has 2 nitrogen and oxygen atoms in total. The molecule has 94 valence electrons. The topological polar surface area (TPSA) is 21.3 Å². The average molecular weight is 237 g/mol. The molecular formula is C14H20FNO. The Kier molecular flexibility index (Phi) is 6.33. The summed E-state index contributed by atoms with van der Waals surface area (Å²) < 4.78 is 18.7. The van der Waals surface area contributed by atoms with Crippen molar-refractivity contribution in [3.8, 4) is 5.75 Å². The van der Waals surface area contributed by atoms with Gasteiger partial charge < -0.3 is 10.1 Å². The van der Waals surface area contributed by atoms with Gasteiger partial charge in [0, 0.05) is 12.6 Å². The van der Waals surface area contributed by atoms with E-state index in [2.05, 4.69) is 12.2 Å². The maximum absolute atomic E-state index is 13.3. The van der Waals surface area contributed by atoms with E-state index in [1.54, 1.807) is 0 Å². The lowest BCUT2D eigenvalue weighted by atomic mass is 10.2. The van der Waals surface area contributed by atoms with Crippen molar-refractivity contribution in [2.24, 2.45) is 0 Å². The third kappa shape index (κ3) is 5.50. The van der Waals surface area contributed by atoms with E-state index in [9.17, 15) is 4.39 Å². The Balaban J connectivity index is 2.58. The zero-order valence-corrected chi connectivity index (χ0v) is 10.5. The first kappa shape index (κ1) is 13.7. The molecule has 0 spiro atoms. The van der Waals surface area contributed by atoms with Gasteiger partial charge in [0.05, 0.1) is 0 Å². The second-order valence-electron chi connectivity index (χ2n) is 3.85. The minimum atomic E-state index is -0.253. The number of hydrogen-bond acceptors (Lipinski definition) is 2. The molecule has 0 radical (unpaired) electrons. The number of nitrogens with one attached hydrogen (secondary N) is 1. The summed E-state index contributed by atoms with van der Waals surface area (Å²) in [5, 5.41) is 3.24. The van der Waals surface area contributed by atoms with Crippen molar-refractivity contribution in [2.45, 2.75) is 26.8 Å². The third-order valence-electron chi connectivity index (χ3n) is 2.27. The molecule has 0 aromatic heterocycles. The van der Waals surface area contributed by atoms with Gasteiger partial charge in [-0.25, -0.2) is 4.39 Å². The second-order valence-corrected chi connectivity index (χ2v) is 3.85. The molecule has 1 aromatic carbocycles. The van der Waals surface area contributed by atoms with Crippen molar-refractivity contribution in [3.63, 3.8) is 0 Å². The predicted octanol–water partition coefficient (Wildman–Crippen LogP) is 3.28. The summed E-state index contributed by atoms with van der Waals surface area (Å²) >= 11 is 0. The van der Waals surface area contributed by atoms with E-state index in [1.807, 2.05) is 25.1 Å². The van der Waals surface area contributed by atoms with Gasteiger partial charge in [-0.2, -0.15) is 0 Å². The highest BCUT2D eigenvalue weighted by molar-refractivity contribution is 5.29. The Morgan fingerprint density at radius 1 is 1.35 bits per heavy atom. The summed E-state index contributed by atoms with van der Waals surface area (Å²) in [4.78, 5) is 0. The summed E-state index contributed by atoms with van der Waals surface area (Å²) in [7, 11) is 0. The zero-order chi connectivity index (χ0) is 12.5. The van der Waals surface area contributed by atoms with Crippen LogP contribution in [0.15, 0.2) is 30.4 Å². The van der Waals surface area contributed by atoms with E-state index in [-0.39, 0.29) is 5.82 Å². The van der Waals surface area contributed by atoms with E-state index in [0.717, 1.165) is 18.5 Å². The molecule has 3 heteroatoms. The van der Waals surface area contributed by atoms with Crippen LogP contribution in [-0.2, 0) is 6.54 Å². The quantitative estimate of drug-likeness (QED) is 0.580. The van der Waals surface area contributed by atoms with Gasteiger partial charge in [-0.15, -0.1) is 0 Å². The molecule has 0 saturated heterocycles. The minimum Gasteiger partial charge on any atom is -0.489 e. The molecule has 0 aliphatic carbocycles. The first-order valence-electron chi connectivity index (χ1n) is 6.00. The molecule has 0 unspecified atom stereocenters. The Morgan fingerprint density at radius 2 is 2.18 bits per heavy atom. The molecule has 0 atom stereocenters. The molecule has 1 aromatic rings. The van der Waals surface area contributed by atoms with E-state index in [0.29, 0.717) is 18.9 Å². The van der Waals surface area contributed by atoms with Crippen LogP contribution in [0, 0.1) is 5.82 Å². The van der Waals surface area contributed by atoms with Crippen LogP contribution >= 0.6 is 0 Å². The summed E-state index contributed by atoms with van der Waals surface area (Å²) in [5.74, 6) is 0.327. The van der Waals surface area contributed by atoms with Crippen LogP contribution in [0.1, 0.15) is 25.8 Å². The van der Waals surface area contributed by atoms with E-state index in [4.69, 9.17) is 4.74 Å². The fourth-order valence-corrected chi connectivity index (χ4v) is 1.46. The largest absolute Gasteiger partial charge is 0.489 e. The van der Waals surface area contributed by atoms with Gasteiger partial charge in [0.2, 0.25) is 0 Å². The van der Waals surface area contributed by atoms with Gasteiger partial charge in [-0.1, -0.05) is 19.1 Å². The lowest BCUT2D eigenvalue weighted by Crippen LogP contribution is -2.14. The summed E-state index contributed by atoms with van der Waals surface area (Å²) in [6, 6.07) is 4.81. The van der Waals surface area contributed by atoms with E-state index < -0.39 is 0 Å². The summed E-state index contributed by atoms with van der Waals surface area (Å²) in [6.45, 7) is 6.11. The maximum atomic E-state index is 13.3. The average Bonchev–Trinajstić information content (AvgIpc) is 2.29. The molecule has 0 aliphatic rings. The Morgan fingerprint density at radius 3 is 2.88 bits per heavy atom. The molecule has 0 heterocycles. The van der Waals surface area contributed by atoms with Crippen LogP contribution in [-0.4, -0.2) is 13.2 Å². The van der Waals surface area contributed by atoms with Gasteiger partial charge in [0.25, 0.3) is 0 Å². The van der Waals surface area contributed by atoms with Crippen molar-refractivity contribution in [2.75, 3.05) is 13.2 Å². The number of benzene rings is 1. The second kappa shape index (κ2) is 7.85. The van der Waals surface area contributed by atoms with Crippen molar-refractivity contribution in [1.82, 2.24) is 5.32 Å². The highest BCUT2D eigenvalue weighted by Crippen LogP contribution is 2.16. The number of halogens is 1. The molecule has 1 N–H and O–H groups in total. The van der Waals surface area contributed by atoms with E-state index >= 15 is 0 Å². The standard InChI is InChI=1S/C14H20FNO/c1-3-5-7-17-14-9-12(8-13(15)10-14)11-16-6-4-2/h3,5,8-10,16H,4,6-7,11H2,1-2H3/b5-3+. The highest BCUT2D eigenvalue weighted by Gasteiger charge is 2.01. The van der Waals surface area contributed by atoms with E-state index in [1.165, 1.54) is 12.1 Å². The number of ether oxygens (including phenoxy) is 1. The van der Waals surface area contributed by atoms with Crippen LogP contribution in [0.25, 0.3) is 0 Å². The van der Waals surface area contributed by atoms with Gasteiger partial charge in [0.15, 0.2) is 0 Å². The molecule has 0 saturated carbocycles. The van der Waals surface area contributed by atoms with Gasteiger partial charge in [-0.05, 0) is 37.6 Å². The normalized spacial score (nSPS) is 11.0. The van der Waals surface area contributed by atoms with Crippen LogP contribution in [0.3, 0.4) is 0 Å². The molecule has 0 bridgehead atoms. The first-order valence-corrected chi connectivity index (χ1v) is 6.00. The highest BCUT2D eigenvalue weighted by atomic mass is 19.1. The molecule has 0 fully saturated rings. The van der Waals surface area contributed by atoms with Crippen LogP contribution in [0.2, 0.25) is 0 Å². The minimum absolute atomic E-state index is 0.253. The van der Waals surface area contributed by atoms with Crippen molar-refractivity contribution < 1.29 is 9.13 Å². The lowest BCUT2D eigenvalue weighted by Gasteiger charge is -2.08. The smallest absolute Gasteiger partial charge is 0.127 e. The van der Waals surface area contributed by atoms with Crippen molar-refractivity contribution in [1.29, 1.82) is 0 Å². The van der Waals surface area contributed by atoms with Crippen molar-refractivity contribution in [3.05, 3.63) is 41.7 Å². The summed E-state index contributed by atoms with van der Waals surface area (Å²) in [6.07, 6.45) is 4.86.